The summed E-state index contributed by atoms with van der Waals surface area (Å²) in [7, 11) is 0. The molecule has 0 atom stereocenters. The third kappa shape index (κ3) is 4.77. The monoisotopic (exact) mass is 440 g/mol. The standard InChI is InChI=1S/C26H28N6O/c1-3-12-33-21-5-7-24-22(15-21)18(16-29-24)8-10-27-26-28-11-9-25(32-26)31-20-4-6-23-19(14-20)13-17(2)30-23/h4-7,9,11,13-16,29-30H,3,8,10,12H2,1-2H3,(H2,27,28,31,32). The fourth-order valence-corrected chi connectivity index (χ4v) is 4.00. The van der Waals surface area contributed by atoms with E-state index in [0.29, 0.717) is 5.95 Å². The molecule has 0 radical (unpaired) electrons. The minimum Gasteiger partial charge on any atom is -0.494 e. The molecule has 5 aromatic rings. The maximum atomic E-state index is 5.79. The zero-order valence-corrected chi connectivity index (χ0v) is 18.9. The van der Waals surface area contributed by atoms with Crippen LogP contribution in [0.3, 0.4) is 0 Å². The highest BCUT2D eigenvalue weighted by molar-refractivity contribution is 5.85. The van der Waals surface area contributed by atoms with Crippen LogP contribution in [0.5, 0.6) is 5.75 Å². The maximum Gasteiger partial charge on any atom is 0.224 e. The average molecular weight is 441 g/mol. The lowest BCUT2D eigenvalue weighted by atomic mass is 10.1. The molecule has 0 fully saturated rings. The third-order valence-electron chi connectivity index (χ3n) is 5.57. The molecule has 0 amide bonds. The maximum absolute atomic E-state index is 5.79. The smallest absolute Gasteiger partial charge is 0.224 e. The van der Waals surface area contributed by atoms with Crippen LogP contribution >= 0.6 is 0 Å². The van der Waals surface area contributed by atoms with E-state index >= 15 is 0 Å². The van der Waals surface area contributed by atoms with Gasteiger partial charge in [0.25, 0.3) is 0 Å². The Morgan fingerprint density at radius 3 is 2.85 bits per heavy atom. The first-order valence-electron chi connectivity index (χ1n) is 11.3. The number of rotatable bonds is 9. The number of hydrogen-bond acceptors (Lipinski definition) is 5. The number of aromatic amines is 2. The van der Waals surface area contributed by atoms with E-state index in [-0.39, 0.29) is 0 Å². The van der Waals surface area contributed by atoms with Crippen LogP contribution in [0.15, 0.2) is 60.9 Å². The number of fused-ring (bicyclic) bond motifs is 2. The minimum absolute atomic E-state index is 0.602. The van der Waals surface area contributed by atoms with Crippen molar-refractivity contribution >= 4 is 39.3 Å². The Hall–Kier alpha value is -4.00. The van der Waals surface area contributed by atoms with Crippen molar-refractivity contribution in [3.05, 3.63) is 72.2 Å². The number of aromatic nitrogens is 4. The molecular weight excluding hydrogens is 412 g/mol. The molecule has 0 saturated heterocycles. The Balaban J connectivity index is 1.23. The van der Waals surface area contributed by atoms with Gasteiger partial charge in [-0.05, 0) is 73.9 Å². The molecule has 4 N–H and O–H groups in total. The molecule has 2 aromatic carbocycles. The first kappa shape index (κ1) is 20.9. The number of hydrogen-bond donors (Lipinski definition) is 4. The number of H-pyrrole nitrogens is 2. The van der Waals surface area contributed by atoms with Gasteiger partial charge in [0.05, 0.1) is 6.61 Å². The van der Waals surface area contributed by atoms with Gasteiger partial charge in [-0.25, -0.2) is 4.98 Å². The lowest BCUT2D eigenvalue weighted by Crippen LogP contribution is -2.08. The Morgan fingerprint density at radius 1 is 1.03 bits per heavy atom. The van der Waals surface area contributed by atoms with E-state index in [1.165, 1.54) is 16.3 Å². The zero-order valence-electron chi connectivity index (χ0n) is 18.9. The van der Waals surface area contributed by atoms with Crippen molar-refractivity contribution < 1.29 is 4.74 Å². The van der Waals surface area contributed by atoms with Gasteiger partial charge in [-0.3, -0.25) is 0 Å². The number of anilines is 3. The third-order valence-corrected chi connectivity index (χ3v) is 5.57. The normalized spacial score (nSPS) is 11.2. The molecule has 3 heterocycles. The van der Waals surface area contributed by atoms with Gasteiger partial charge in [0.15, 0.2) is 0 Å². The topological polar surface area (TPSA) is 90.6 Å². The average Bonchev–Trinajstić information content (AvgIpc) is 3.39. The van der Waals surface area contributed by atoms with Crippen molar-refractivity contribution in [2.45, 2.75) is 26.7 Å². The number of nitrogens with one attached hydrogen (secondary N) is 4. The summed E-state index contributed by atoms with van der Waals surface area (Å²) in [6, 6.07) is 16.4. The number of benzene rings is 2. The predicted molar refractivity (Wildman–Crippen MR) is 135 cm³/mol. The summed E-state index contributed by atoms with van der Waals surface area (Å²) in [5.74, 6) is 2.27. The highest BCUT2D eigenvalue weighted by Gasteiger charge is 2.07. The highest BCUT2D eigenvalue weighted by Crippen LogP contribution is 2.25. The van der Waals surface area contributed by atoms with Crippen LogP contribution in [0.25, 0.3) is 21.8 Å². The highest BCUT2D eigenvalue weighted by atomic mass is 16.5. The second-order valence-electron chi connectivity index (χ2n) is 8.19. The molecule has 7 nitrogen and oxygen atoms in total. The lowest BCUT2D eigenvalue weighted by molar-refractivity contribution is 0.318. The fraction of sp³-hybridized carbons (Fsp3) is 0.231. The van der Waals surface area contributed by atoms with Crippen molar-refractivity contribution in [2.75, 3.05) is 23.8 Å². The van der Waals surface area contributed by atoms with Gasteiger partial charge in [0.1, 0.15) is 11.6 Å². The summed E-state index contributed by atoms with van der Waals surface area (Å²) < 4.78 is 5.79. The van der Waals surface area contributed by atoms with Crippen LogP contribution in [0.1, 0.15) is 24.6 Å². The van der Waals surface area contributed by atoms with E-state index in [0.717, 1.165) is 60.0 Å². The van der Waals surface area contributed by atoms with Crippen molar-refractivity contribution in [2.24, 2.45) is 0 Å². The molecular formula is C26H28N6O. The first-order valence-corrected chi connectivity index (χ1v) is 11.3. The summed E-state index contributed by atoms with van der Waals surface area (Å²) in [6.07, 6.45) is 5.67. The van der Waals surface area contributed by atoms with E-state index in [4.69, 9.17) is 4.74 Å². The molecule has 0 bridgehead atoms. The SMILES string of the molecule is CCCOc1ccc2[nH]cc(CCNc3nccc(Nc4ccc5[nH]c(C)cc5c4)n3)c2c1. The molecule has 5 rings (SSSR count). The summed E-state index contributed by atoms with van der Waals surface area (Å²) in [6.45, 7) is 5.63. The van der Waals surface area contributed by atoms with Crippen LogP contribution in [-0.2, 0) is 6.42 Å². The molecule has 3 aromatic heterocycles. The van der Waals surface area contributed by atoms with E-state index in [1.807, 2.05) is 18.2 Å². The summed E-state index contributed by atoms with van der Waals surface area (Å²) in [5.41, 5.74) is 5.63. The van der Waals surface area contributed by atoms with Crippen LogP contribution in [0, 0.1) is 6.92 Å². The molecule has 0 aliphatic rings. The van der Waals surface area contributed by atoms with E-state index < -0.39 is 0 Å². The van der Waals surface area contributed by atoms with Crippen LogP contribution in [0.4, 0.5) is 17.5 Å². The van der Waals surface area contributed by atoms with Gasteiger partial charge in [-0.15, -0.1) is 0 Å². The molecule has 0 unspecified atom stereocenters. The summed E-state index contributed by atoms with van der Waals surface area (Å²) >= 11 is 0. The second kappa shape index (κ2) is 9.24. The van der Waals surface area contributed by atoms with Crippen LogP contribution in [-0.4, -0.2) is 33.1 Å². The molecule has 7 heteroatoms. The Bertz CT molecular complexity index is 1390. The van der Waals surface area contributed by atoms with Gasteiger partial charge in [-0.1, -0.05) is 6.92 Å². The van der Waals surface area contributed by atoms with E-state index in [2.05, 4.69) is 80.9 Å². The lowest BCUT2D eigenvalue weighted by Gasteiger charge is -2.09. The first-order chi connectivity index (χ1) is 16.2. The zero-order chi connectivity index (χ0) is 22.6. The Kier molecular flexibility index (Phi) is 5.85. The Morgan fingerprint density at radius 2 is 1.94 bits per heavy atom. The molecule has 33 heavy (non-hydrogen) atoms. The van der Waals surface area contributed by atoms with Crippen molar-refractivity contribution in [3.8, 4) is 5.75 Å². The second-order valence-corrected chi connectivity index (χ2v) is 8.19. The van der Waals surface area contributed by atoms with Gasteiger partial charge < -0.3 is 25.3 Å². The molecule has 0 aliphatic heterocycles. The molecule has 0 spiro atoms. The number of ether oxygens (including phenoxy) is 1. The van der Waals surface area contributed by atoms with Gasteiger partial charge in [0.2, 0.25) is 5.95 Å². The van der Waals surface area contributed by atoms with E-state index in [9.17, 15) is 0 Å². The molecule has 0 saturated carbocycles. The Labute approximate surface area is 192 Å². The fourth-order valence-electron chi connectivity index (χ4n) is 4.00. The minimum atomic E-state index is 0.602. The van der Waals surface area contributed by atoms with E-state index in [1.54, 1.807) is 6.20 Å². The van der Waals surface area contributed by atoms with Gasteiger partial charge in [0, 0.05) is 52.1 Å². The number of nitrogens with zero attached hydrogens (tertiary/aromatic N) is 2. The van der Waals surface area contributed by atoms with Crippen molar-refractivity contribution in [1.29, 1.82) is 0 Å². The molecule has 168 valence electrons. The summed E-state index contributed by atoms with van der Waals surface area (Å²) in [4.78, 5) is 15.7. The van der Waals surface area contributed by atoms with Crippen LogP contribution in [0.2, 0.25) is 0 Å². The summed E-state index contributed by atoms with van der Waals surface area (Å²) in [5, 5.41) is 9.08. The van der Waals surface area contributed by atoms with Crippen molar-refractivity contribution in [1.82, 2.24) is 19.9 Å². The van der Waals surface area contributed by atoms with Gasteiger partial charge in [-0.2, -0.15) is 4.98 Å². The quantitative estimate of drug-likeness (QED) is 0.228. The van der Waals surface area contributed by atoms with Gasteiger partial charge >= 0.3 is 0 Å². The van der Waals surface area contributed by atoms with Crippen LogP contribution < -0.4 is 15.4 Å². The predicted octanol–water partition coefficient (Wildman–Crippen LogP) is 5.93. The molecule has 0 aliphatic carbocycles. The van der Waals surface area contributed by atoms with Crippen molar-refractivity contribution in [3.63, 3.8) is 0 Å². The largest absolute Gasteiger partial charge is 0.494 e. The number of aryl methyl sites for hydroxylation is 1.